The van der Waals surface area contributed by atoms with Gasteiger partial charge in [-0.2, -0.15) is 26.3 Å². The van der Waals surface area contributed by atoms with Gasteiger partial charge < -0.3 is 15.3 Å². The molecular formula is C29H29ClF6N2O4. The van der Waals surface area contributed by atoms with Crippen molar-refractivity contribution in [1.29, 1.82) is 0 Å². The molecule has 6 nitrogen and oxygen atoms in total. The number of carboxylic acid groups (broad SMARTS) is 1. The maximum atomic E-state index is 13.4. The number of rotatable bonds is 10. The highest BCUT2D eigenvalue weighted by Gasteiger charge is 2.41. The van der Waals surface area contributed by atoms with E-state index >= 15 is 0 Å². The van der Waals surface area contributed by atoms with Crippen LogP contribution in [-0.4, -0.2) is 47.7 Å². The van der Waals surface area contributed by atoms with Crippen molar-refractivity contribution >= 4 is 40.6 Å². The molecule has 3 atom stereocenters. The van der Waals surface area contributed by atoms with E-state index in [0.29, 0.717) is 22.9 Å². The fourth-order valence-electron chi connectivity index (χ4n) is 5.32. The Bertz CT molecular complexity index is 1330. The molecule has 2 aromatic carbocycles. The molecule has 2 aromatic rings. The average molecular weight is 619 g/mol. The molecule has 0 radical (unpaired) electrons. The Labute approximate surface area is 243 Å². The number of nitrogens with one attached hydrogen (secondary N) is 1. The lowest BCUT2D eigenvalue weighted by Gasteiger charge is -2.30. The first-order chi connectivity index (χ1) is 19.6. The number of alkyl halides is 6. The molecule has 0 saturated heterocycles. The lowest BCUT2D eigenvalue weighted by atomic mass is 9.83. The van der Waals surface area contributed by atoms with Gasteiger partial charge >= 0.3 is 18.3 Å². The van der Waals surface area contributed by atoms with Crippen molar-refractivity contribution in [2.45, 2.75) is 69.3 Å². The molecule has 1 fully saturated rings. The first-order valence-electron chi connectivity index (χ1n) is 13.5. The number of aliphatic carboxylic acids is 1. The minimum absolute atomic E-state index is 0.154. The van der Waals surface area contributed by atoms with Gasteiger partial charge in [-0.05, 0) is 61.4 Å². The molecule has 42 heavy (non-hydrogen) atoms. The summed E-state index contributed by atoms with van der Waals surface area (Å²) in [5.41, 5.74) is 2.82. The van der Waals surface area contributed by atoms with E-state index in [1.807, 2.05) is 18.2 Å². The number of halogens is 7. The van der Waals surface area contributed by atoms with Crippen LogP contribution in [0.1, 0.15) is 55.6 Å². The summed E-state index contributed by atoms with van der Waals surface area (Å²) in [6.45, 7) is -0.154. The largest absolute Gasteiger partial charge is 0.481 e. The lowest BCUT2D eigenvalue weighted by Crippen LogP contribution is -2.50. The average Bonchev–Trinajstić information content (AvgIpc) is 3.74. The number of anilines is 2. The Morgan fingerprint density at radius 1 is 0.976 bits per heavy atom. The Morgan fingerprint density at radius 3 is 2.19 bits per heavy atom. The minimum Gasteiger partial charge on any atom is -0.481 e. The minimum atomic E-state index is -4.79. The number of hydrogen-bond donors (Lipinski definition) is 2. The Kier molecular flexibility index (Phi) is 9.44. The summed E-state index contributed by atoms with van der Waals surface area (Å²) in [5.74, 6) is -7.20. The summed E-state index contributed by atoms with van der Waals surface area (Å²) in [7, 11) is 0. The Hall–Kier alpha value is -3.28. The summed E-state index contributed by atoms with van der Waals surface area (Å²) in [6, 6.07) is 11.3. The summed E-state index contributed by atoms with van der Waals surface area (Å²) in [5, 5.41) is 12.3. The number of carbonyl (C=O) groups is 3. The van der Waals surface area contributed by atoms with Gasteiger partial charge in [-0.1, -0.05) is 29.8 Å². The van der Waals surface area contributed by atoms with Crippen LogP contribution in [0.15, 0.2) is 42.5 Å². The van der Waals surface area contributed by atoms with E-state index < -0.39 is 73.6 Å². The number of carbonyl (C=O) groups excluding carboxylic acids is 2. The molecule has 2 aliphatic rings. The number of ketones is 1. The van der Waals surface area contributed by atoms with Gasteiger partial charge in [-0.3, -0.25) is 14.4 Å². The summed E-state index contributed by atoms with van der Waals surface area (Å²) < 4.78 is 78.0. The van der Waals surface area contributed by atoms with E-state index in [1.54, 1.807) is 29.2 Å². The zero-order valence-corrected chi connectivity index (χ0v) is 23.0. The first-order valence-corrected chi connectivity index (χ1v) is 13.8. The van der Waals surface area contributed by atoms with Crippen molar-refractivity contribution < 1.29 is 45.8 Å². The van der Waals surface area contributed by atoms with Gasteiger partial charge in [0.1, 0.15) is 6.04 Å². The molecule has 0 bridgehead atoms. The third-order valence-electron chi connectivity index (χ3n) is 7.65. The van der Waals surface area contributed by atoms with Crippen molar-refractivity contribution in [3.8, 4) is 0 Å². The van der Waals surface area contributed by atoms with E-state index in [4.69, 9.17) is 11.6 Å². The van der Waals surface area contributed by atoms with Crippen LogP contribution in [0, 0.1) is 11.8 Å². The van der Waals surface area contributed by atoms with Gasteiger partial charge in [0.25, 0.3) is 0 Å². The molecular weight excluding hydrogens is 590 g/mol. The smallest absolute Gasteiger partial charge is 0.389 e. The van der Waals surface area contributed by atoms with Crippen molar-refractivity contribution in [2.75, 3.05) is 11.4 Å². The zero-order chi connectivity index (χ0) is 30.8. The van der Waals surface area contributed by atoms with Crippen molar-refractivity contribution in [2.24, 2.45) is 11.8 Å². The van der Waals surface area contributed by atoms with E-state index in [1.165, 1.54) is 0 Å². The van der Waals surface area contributed by atoms with Gasteiger partial charge in [0.2, 0.25) is 5.91 Å². The lowest BCUT2D eigenvalue weighted by molar-refractivity contribution is -0.159. The maximum absolute atomic E-state index is 13.4. The van der Waals surface area contributed by atoms with Crippen LogP contribution in [-0.2, 0) is 20.8 Å². The van der Waals surface area contributed by atoms with E-state index in [-0.39, 0.29) is 18.0 Å². The Morgan fingerprint density at radius 2 is 1.60 bits per heavy atom. The molecule has 0 spiro atoms. The van der Waals surface area contributed by atoms with Crippen LogP contribution in [0.2, 0.25) is 5.02 Å². The summed E-state index contributed by atoms with van der Waals surface area (Å²) in [6.07, 6.45) is -13.1. The standard InChI is InChI=1S/C29H29ClF6N2O4/c30-22-5-2-6-24-21(22)14-25(39)23(15-38(24)18-4-1-3-17(13-18)16-7-8-16)37-26(40)19(9-11-28(31,32)33)20(27(41)42)10-12-29(34,35)36/h1-6,13,16,19-20,23H,7-12,14-15H2,(H,37,40)(H,41,42)/t19-,20+,23+/m1/s1. The number of amides is 1. The zero-order valence-electron chi connectivity index (χ0n) is 22.3. The molecule has 13 heteroatoms. The van der Waals surface area contributed by atoms with E-state index in [9.17, 15) is 45.8 Å². The summed E-state index contributed by atoms with van der Waals surface area (Å²) >= 11 is 6.43. The quantitative estimate of drug-likeness (QED) is 0.281. The van der Waals surface area contributed by atoms with Crippen LogP contribution in [0.4, 0.5) is 37.7 Å². The molecule has 1 aliphatic carbocycles. The van der Waals surface area contributed by atoms with Gasteiger partial charge in [0.05, 0.1) is 18.4 Å². The van der Waals surface area contributed by atoms with Gasteiger partial charge in [0, 0.05) is 41.2 Å². The molecule has 2 N–H and O–H groups in total. The topological polar surface area (TPSA) is 86.7 Å². The second-order valence-electron chi connectivity index (χ2n) is 10.8. The molecule has 228 valence electrons. The normalized spacial score (nSPS) is 19.1. The van der Waals surface area contributed by atoms with Crippen LogP contribution in [0.25, 0.3) is 0 Å². The second-order valence-corrected chi connectivity index (χ2v) is 11.2. The number of Topliss-reactive ketones (excluding diaryl/α,β-unsaturated/α-hetero) is 1. The summed E-state index contributed by atoms with van der Waals surface area (Å²) in [4.78, 5) is 40.4. The third-order valence-corrected chi connectivity index (χ3v) is 8.01. The monoisotopic (exact) mass is 618 g/mol. The Balaban J connectivity index is 1.65. The fourth-order valence-corrected chi connectivity index (χ4v) is 5.55. The van der Waals surface area contributed by atoms with E-state index in [2.05, 4.69) is 5.32 Å². The molecule has 0 aromatic heterocycles. The van der Waals surface area contributed by atoms with Gasteiger partial charge in [0.15, 0.2) is 5.78 Å². The molecule has 1 aliphatic heterocycles. The van der Waals surface area contributed by atoms with Gasteiger partial charge in [-0.25, -0.2) is 0 Å². The molecule has 1 saturated carbocycles. The third kappa shape index (κ3) is 8.17. The second kappa shape index (κ2) is 12.5. The van der Waals surface area contributed by atoms with Crippen molar-refractivity contribution in [3.63, 3.8) is 0 Å². The van der Waals surface area contributed by atoms with Crippen molar-refractivity contribution in [3.05, 3.63) is 58.6 Å². The SMILES string of the molecule is O=C1Cc2c(Cl)cccc2N(c2cccc(C3CC3)c2)C[C@@H]1NC(=O)[C@H](CCC(F)(F)F)[C@H](CCC(F)(F)F)C(=O)O. The van der Waals surface area contributed by atoms with E-state index in [0.717, 1.165) is 18.4 Å². The van der Waals surface area contributed by atoms with Crippen molar-refractivity contribution in [1.82, 2.24) is 5.32 Å². The van der Waals surface area contributed by atoms with Crippen LogP contribution in [0.5, 0.6) is 0 Å². The maximum Gasteiger partial charge on any atom is 0.389 e. The number of hydrogen-bond acceptors (Lipinski definition) is 4. The highest BCUT2D eigenvalue weighted by Crippen LogP contribution is 2.43. The molecule has 1 heterocycles. The number of nitrogens with zero attached hydrogens (tertiary/aromatic N) is 1. The highest BCUT2D eigenvalue weighted by atomic mass is 35.5. The fraction of sp³-hybridized carbons (Fsp3) is 0.483. The molecule has 1 amide bonds. The predicted octanol–water partition coefficient (Wildman–Crippen LogP) is 6.97. The molecule has 0 unspecified atom stereocenters. The molecule has 4 rings (SSSR count). The predicted molar refractivity (Wildman–Crippen MR) is 143 cm³/mol. The van der Waals surface area contributed by atoms with Gasteiger partial charge in [-0.15, -0.1) is 0 Å². The first kappa shape index (κ1) is 31.7. The number of carboxylic acids is 1. The van der Waals surface area contributed by atoms with Crippen LogP contribution in [0.3, 0.4) is 0 Å². The van der Waals surface area contributed by atoms with Crippen LogP contribution < -0.4 is 10.2 Å². The number of benzene rings is 2. The number of fused-ring (bicyclic) bond motifs is 1. The highest BCUT2D eigenvalue weighted by molar-refractivity contribution is 6.32. The van der Waals surface area contributed by atoms with Crippen LogP contribution >= 0.6 is 11.6 Å².